The zero-order chi connectivity index (χ0) is 14.8. The zero-order valence-corrected chi connectivity index (χ0v) is 11.7. The molecule has 7 nitrogen and oxygen atoms in total. The standard InChI is InChI=1S/C13H17N3O4/c1-13(2,3)11(17)19-8-16-10(15-20-12(16)18)9-5-4-6-14-7-9/h4,6-7,9H,5,8H2,1-3H3. The molecule has 1 unspecified atom stereocenters. The normalized spacial score (nSPS) is 18.2. The largest absolute Gasteiger partial charge is 0.444 e. The van der Waals surface area contributed by atoms with Gasteiger partial charge in [-0.1, -0.05) is 11.2 Å². The maximum absolute atomic E-state index is 11.7. The van der Waals surface area contributed by atoms with E-state index in [1.165, 1.54) is 4.57 Å². The third-order valence-electron chi connectivity index (χ3n) is 2.83. The van der Waals surface area contributed by atoms with Gasteiger partial charge in [-0.15, -0.1) is 0 Å². The van der Waals surface area contributed by atoms with Crippen LogP contribution in [0.4, 0.5) is 0 Å². The molecule has 0 aromatic carbocycles. The minimum atomic E-state index is -0.648. The predicted molar refractivity (Wildman–Crippen MR) is 71.3 cm³/mol. The lowest BCUT2D eigenvalue weighted by molar-refractivity contribution is -0.157. The van der Waals surface area contributed by atoms with E-state index in [0.717, 1.165) is 0 Å². The van der Waals surface area contributed by atoms with Crippen LogP contribution in [0.15, 0.2) is 26.6 Å². The van der Waals surface area contributed by atoms with E-state index >= 15 is 0 Å². The summed E-state index contributed by atoms with van der Waals surface area (Å²) in [6.07, 6.45) is 5.90. The highest BCUT2D eigenvalue weighted by Crippen LogP contribution is 2.19. The Morgan fingerprint density at radius 2 is 2.30 bits per heavy atom. The third kappa shape index (κ3) is 3.04. The molecule has 0 spiro atoms. The number of allylic oxidation sites excluding steroid dienone is 1. The van der Waals surface area contributed by atoms with Gasteiger partial charge in [-0.3, -0.25) is 14.3 Å². The summed E-state index contributed by atoms with van der Waals surface area (Å²) in [7, 11) is 0. The van der Waals surface area contributed by atoms with Gasteiger partial charge >= 0.3 is 11.7 Å². The van der Waals surface area contributed by atoms with Gasteiger partial charge in [-0.25, -0.2) is 9.36 Å². The number of aromatic nitrogens is 2. The first-order chi connectivity index (χ1) is 9.39. The van der Waals surface area contributed by atoms with E-state index in [9.17, 15) is 9.59 Å². The fourth-order valence-corrected chi connectivity index (χ4v) is 1.66. The van der Waals surface area contributed by atoms with E-state index in [1.54, 1.807) is 33.2 Å². The van der Waals surface area contributed by atoms with Gasteiger partial charge in [-0.2, -0.15) is 0 Å². The molecule has 0 fully saturated rings. The van der Waals surface area contributed by atoms with Crippen molar-refractivity contribution in [2.45, 2.75) is 39.8 Å². The van der Waals surface area contributed by atoms with E-state index in [2.05, 4.69) is 14.7 Å². The molecule has 0 saturated heterocycles. The molecule has 0 saturated carbocycles. The molecule has 1 aliphatic rings. The minimum absolute atomic E-state index is 0.153. The van der Waals surface area contributed by atoms with Crippen LogP contribution in [0.3, 0.4) is 0 Å². The van der Waals surface area contributed by atoms with E-state index in [1.807, 2.05) is 6.08 Å². The number of hydrogen-bond acceptors (Lipinski definition) is 6. The first-order valence-corrected chi connectivity index (χ1v) is 6.31. The summed E-state index contributed by atoms with van der Waals surface area (Å²) in [5, 5.41) is 3.74. The molecule has 1 aliphatic heterocycles. The van der Waals surface area contributed by atoms with Crippen LogP contribution in [-0.2, 0) is 16.3 Å². The van der Waals surface area contributed by atoms with Crippen LogP contribution in [0, 0.1) is 5.41 Å². The summed E-state index contributed by atoms with van der Waals surface area (Å²) in [6, 6.07) is 0. The van der Waals surface area contributed by atoms with E-state index < -0.39 is 17.1 Å². The SMILES string of the molecule is CC(C)(C)C(=O)OCn1c(C2C=NC=CC2)noc1=O. The van der Waals surface area contributed by atoms with Crippen LogP contribution in [-0.4, -0.2) is 21.9 Å². The molecule has 108 valence electrons. The van der Waals surface area contributed by atoms with Crippen molar-refractivity contribution in [2.24, 2.45) is 10.4 Å². The van der Waals surface area contributed by atoms with Gasteiger partial charge in [0.2, 0.25) is 0 Å². The van der Waals surface area contributed by atoms with E-state index in [-0.39, 0.29) is 12.6 Å². The van der Waals surface area contributed by atoms with Gasteiger partial charge in [0.05, 0.1) is 11.3 Å². The molecule has 20 heavy (non-hydrogen) atoms. The smallest absolute Gasteiger partial charge is 0.443 e. The monoisotopic (exact) mass is 279 g/mol. The van der Waals surface area contributed by atoms with Gasteiger partial charge in [0.1, 0.15) is 0 Å². The van der Waals surface area contributed by atoms with Gasteiger partial charge < -0.3 is 4.74 Å². The Morgan fingerprint density at radius 3 is 2.90 bits per heavy atom. The molecule has 1 aromatic rings. The first-order valence-electron chi connectivity index (χ1n) is 6.31. The van der Waals surface area contributed by atoms with Gasteiger partial charge in [0.15, 0.2) is 12.6 Å². The molecule has 7 heteroatoms. The van der Waals surface area contributed by atoms with Crippen LogP contribution >= 0.6 is 0 Å². The van der Waals surface area contributed by atoms with Gasteiger partial charge in [-0.05, 0) is 27.2 Å². The molecule has 0 N–H and O–H groups in total. The highest BCUT2D eigenvalue weighted by Gasteiger charge is 2.25. The maximum atomic E-state index is 11.7. The number of esters is 1. The Kier molecular flexibility index (Phi) is 3.87. The minimum Gasteiger partial charge on any atom is -0.443 e. The second kappa shape index (κ2) is 5.44. The number of rotatable bonds is 3. The number of carbonyl (C=O) groups excluding carboxylic acids is 1. The Bertz CT molecular complexity index is 604. The van der Waals surface area contributed by atoms with Crippen LogP contribution in [0.25, 0.3) is 0 Å². The van der Waals surface area contributed by atoms with Crippen molar-refractivity contribution < 1.29 is 14.1 Å². The fourth-order valence-electron chi connectivity index (χ4n) is 1.66. The maximum Gasteiger partial charge on any atom is 0.444 e. The summed E-state index contributed by atoms with van der Waals surface area (Å²) in [5.41, 5.74) is -0.629. The van der Waals surface area contributed by atoms with Crippen molar-refractivity contribution in [3.8, 4) is 0 Å². The van der Waals surface area contributed by atoms with Crippen LogP contribution < -0.4 is 5.76 Å². The second-order valence-electron chi connectivity index (χ2n) is 5.57. The molecule has 0 bridgehead atoms. The second-order valence-corrected chi connectivity index (χ2v) is 5.57. The van der Waals surface area contributed by atoms with Crippen LogP contribution in [0.1, 0.15) is 38.9 Å². The average Bonchev–Trinajstić information content (AvgIpc) is 2.77. The molecule has 0 amide bonds. The van der Waals surface area contributed by atoms with E-state index in [0.29, 0.717) is 12.2 Å². The summed E-state index contributed by atoms with van der Waals surface area (Å²) in [4.78, 5) is 27.4. The number of aliphatic imine (C=N–C) groups is 1. The molecular formula is C13H17N3O4. The summed E-state index contributed by atoms with van der Waals surface area (Å²) >= 11 is 0. The Balaban J connectivity index is 2.14. The highest BCUT2D eigenvalue weighted by molar-refractivity contribution is 5.75. The van der Waals surface area contributed by atoms with Crippen LogP contribution in [0.5, 0.6) is 0 Å². The lowest BCUT2D eigenvalue weighted by Gasteiger charge is -2.17. The lowest BCUT2D eigenvalue weighted by Crippen LogP contribution is -2.28. The quantitative estimate of drug-likeness (QED) is 0.782. The summed E-state index contributed by atoms with van der Waals surface area (Å²) in [6.45, 7) is 5.02. The number of nitrogens with zero attached hydrogens (tertiary/aromatic N) is 3. The molecule has 1 atom stereocenters. The third-order valence-corrected chi connectivity index (χ3v) is 2.83. The Morgan fingerprint density at radius 1 is 1.55 bits per heavy atom. The van der Waals surface area contributed by atoms with Crippen molar-refractivity contribution in [3.63, 3.8) is 0 Å². The van der Waals surface area contributed by atoms with Crippen molar-refractivity contribution in [1.82, 2.24) is 9.72 Å². The molecule has 0 aliphatic carbocycles. The topological polar surface area (TPSA) is 86.7 Å². The van der Waals surface area contributed by atoms with Crippen molar-refractivity contribution in [1.29, 1.82) is 0 Å². The Hall–Kier alpha value is -2.18. The molecular weight excluding hydrogens is 262 g/mol. The number of carbonyl (C=O) groups is 1. The Labute approximate surface area is 115 Å². The van der Waals surface area contributed by atoms with Crippen molar-refractivity contribution >= 4 is 12.2 Å². The van der Waals surface area contributed by atoms with Gasteiger partial charge in [0, 0.05) is 12.4 Å². The van der Waals surface area contributed by atoms with Gasteiger partial charge in [0.25, 0.3) is 0 Å². The highest BCUT2D eigenvalue weighted by atomic mass is 16.6. The van der Waals surface area contributed by atoms with E-state index in [4.69, 9.17) is 4.74 Å². The first kappa shape index (κ1) is 14.2. The average molecular weight is 279 g/mol. The summed E-state index contributed by atoms with van der Waals surface area (Å²) in [5.74, 6) is -0.789. The molecule has 0 radical (unpaired) electrons. The molecule has 2 rings (SSSR count). The zero-order valence-electron chi connectivity index (χ0n) is 11.7. The molecule has 2 heterocycles. The van der Waals surface area contributed by atoms with Crippen molar-refractivity contribution in [3.05, 3.63) is 28.7 Å². The lowest BCUT2D eigenvalue weighted by atomic mass is 9.98. The predicted octanol–water partition coefficient (Wildman–Crippen LogP) is 1.45. The van der Waals surface area contributed by atoms with Crippen molar-refractivity contribution in [2.75, 3.05) is 0 Å². The number of hydrogen-bond donors (Lipinski definition) is 0. The number of ether oxygens (including phenoxy) is 1. The van der Waals surface area contributed by atoms with Crippen LogP contribution in [0.2, 0.25) is 0 Å². The summed E-state index contributed by atoms with van der Waals surface area (Å²) < 4.78 is 11.0. The molecule has 1 aromatic heterocycles. The fraction of sp³-hybridized carbons (Fsp3) is 0.538.